The van der Waals surface area contributed by atoms with Crippen LogP contribution in [0.4, 0.5) is 11.5 Å². The molecule has 1 aliphatic carbocycles. The maximum atomic E-state index is 12.3. The number of hydrogen-bond donors (Lipinski definition) is 1. The third-order valence-electron chi connectivity index (χ3n) is 5.24. The molecule has 0 spiro atoms. The zero-order valence-corrected chi connectivity index (χ0v) is 17.8. The Morgan fingerprint density at radius 3 is 2.43 bits per heavy atom. The molecule has 1 saturated carbocycles. The molecular formula is C24H25N3O2S. The van der Waals surface area contributed by atoms with Crippen molar-refractivity contribution in [3.8, 4) is 17.0 Å². The largest absolute Gasteiger partial charge is 0.426 e. The van der Waals surface area contributed by atoms with Crippen molar-refractivity contribution in [1.82, 2.24) is 9.97 Å². The molecule has 3 aromatic rings. The van der Waals surface area contributed by atoms with Gasteiger partial charge in [0.15, 0.2) is 5.16 Å². The van der Waals surface area contributed by atoms with Crippen molar-refractivity contribution < 1.29 is 9.53 Å². The molecule has 154 valence electrons. The van der Waals surface area contributed by atoms with Crippen LogP contribution >= 0.6 is 11.8 Å². The summed E-state index contributed by atoms with van der Waals surface area (Å²) in [5.74, 6) is 1.23. The number of carbonyl (C=O) groups is 1. The lowest BCUT2D eigenvalue weighted by molar-refractivity contribution is -0.139. The normalized spacial score (nSPS) is 14.3. The summed E-state index contributed by atoms with van der Waals surface area (Å²) in [4.78, 5) is 21.5. The molecule has 0 atom stereocenters. The van der Waals surface area contributed by atoms with E-state index < -0.39 is 0 Å². The van der Waals surface area contributed by atoms with Gasteiger partial charge in [0.1, 0.15) is 11.6 Å². The number of rotatable bonds is 6. The fourth-order valence-electron chi connectivity index (χ4n) is 3.63. The van der Waals surface area contributed by atoms with Crippen molar-refractivity contribution in [2.75, 3.05) is 11.6 Å². The first-order valence-electron chi connectivity index (χ1n) is 10.3. The van der Waals surface area contributed by atoms with E-state index in [1.165, 1.54) is 18.2 Å². The first-order valence-corrected chi connectivity index (χ1v) is 11.5. The van der Waals surface area contributed by atoms with Crippen LogP contribution in [0.15, 0.2) is 65.8 Å². The number of nitrogens with zero attached hydrogens (tertiary/aromatic N) is 2. The number of ether oxygens (including phenoxy) is 1. The Balaban J connectivity index is 1.46. The van der Waals surface area contributed by atoms with Gasteiger partial charge in [0.2, 0.25) is 0 Å². The zero-order chi connectivity index (χ0) is 20.8. The summed E-state index contributed by atoms with van der Waals surface area (Å²) < 4.78 is 5.58. The van der Waals surface area contributed by atoms with Crippen LogP contribution in [0.5, 0.6) is 5.75 Å². The van der Waals surface area contributed by atoms with Crippen LogP contribution < -0.4 is 10.1 Å². The van der Waals surface area contributed by atoms with Gasteiger partial charge in [-0.2, -0.15) is 0 Å². The molecule has 4 rings (SSSR count). The molecule has 2 aromatic carbocycles. The maximum absolute atomic E-state index is 12.3. The first-order chi connectivity index (χ1) is 14.7. The Bertz CT molecular complexity index is 987. The number of anilines is 2. The van der Waals surface area contributed by atoms with E-state index in [9.17, 15) is 4.79 Å². The van der Waals surface area contributed by atoms with E-state index in [1.807, 2.05) is 66.9 Å². The minimum Gasteiger partial charge on any atom is -0.426 e. The van der Waals surface area contributed by atoms with Crippen molar-refractivity contribution >= 4 is 29.2 Å². The van der Waals surface area contributed by atoms with Gasteiger partial charge in [-0.15, -0.1) is 0 Å². The van der Waals surface area contributed by atoms with Crippen molar-refractivity contribution in [1.29, 1.82) is 0 Å². The number of aromatic nitrogens is 2. The molecule has 6 heteroatoms. The Labute approximate surface area is 181 Å². The van der Waals surface area contributed by atoms with E-state index in [4.69, 9.17) is 4.74 Å². The minimum atomic E-state index is -0.108. The van der Waals surface area contributed by atoms with Gasteiger partial charge in [-0.25, -0.2) is 9.97 Å². The first kappa shape index (κ1) is 20.4. The molecule has 1 heterocycles. The van der Waals surface area contributed by atoms with Crippen molar-refractivity contribution in [3.05, 3.63) is 60.7 Å². The van der Waals surface area contributed by atoms with Crippen LogP contribution in [-0.4, -0.2) is 22.2 Å². The topological polar surface area (TPSA) is 64.1 Å². The minimum absolute atomic E-state index is 0.0407. The summed E-state index contributed by atoms with van der Waals surface area (Å²) in [5.41, 5.74) is 2.79. The van der Waals surface area contributed by atoms with Gasteiger partial charge in [0, 0.05) is 17.3 Å². The van der Waals surface area contributed by atoms with Gasteiger partial charge >= 0.3 is 5.97 Å². The number of thioether (sulfide) groups is 1. The molecule has 1 aliphatic rings. The zero-order valence-electron chi connectivity index (χ0n) is 17.0. The highest BCUT2D eigenvalue weighted by Crippen LogP contribution is 2.28. The predicted octanol–water partition coefficient (Wildman–Crippen LogP) is 6.09. The summed E-state index contributed by atoms with van der Waals surface area (Å²) in [6, 6.07) is 19.4. The lowest BCUT2D eigenvalue weighted by atomic mass is 9.89. The number of hydrogen-bond acceptors (Lipinski definition) is 6. The van der Waals surface area contributed by atoms with Crippen LogP contribution in [-0.2, 0) is 4.79 Å². The van der Waals surface area contributed by atoms with Gasteiger partial charge in [-0.1, -0.05) is 61.4 Å². The van der Waals surface area contributed by atoms with Crippen LogP contribution in [0.3, 0.4) is 0 Å². The van der Waals surface area contributed by atoms with Gasteiger partial charge < -0.3 is 10.1 Å². The second-order valence-electron chi connectivity index (χ2n) is 7.40. The number of carbonyl (C=O) groups excluding carboxylic acids is 1. The third-order valence-corrected chi connectivity index (χ3v) is 5.79. The highest BCUT2D eigenvalue weighted by Gasteiger charge is 2.22. The monoisotopic (exact) mass is 419 g/mol. The SMILES string of the molecule is CSc1nc(Nc2ccc(OC(=O)C3CCCCC3)cc2)cc(-c2ccccc2)n1. The average Bonchev–Trinajstić information content (AvgIpc) is 2.81. The van der Waals surface area contributed by atoms with Gasteiger partial charge in [0.05, 0.1) is 11.6 Å². The predicted molar refractivity (Wildman–Crippen MR) is 121 cm³/mol. The molecule has 30 heavy (non-hydrogen) atoms. The molecule has 0 aliphatic heterocycles. The van der Waals surface area contributed by atoms with Gasteiger partial charge in [-0.05, 0) is 43.4 Å². The maximum Gasteiger partial charge on any atom is 0.314 e. The standard InChI is InChI=1S/C24H25N3O2S/c1-30-24-26-21(17-8-4-2-5-9-17)16-22(27-24)25-19-12-14-20(15-13-19)29-23(28)18-10-6-3-7-11-18/h2,4-5,8-9,12-16,18H,3,6-7,10-11H2,1H3,(H,25,26,27). The Morgan fingerprint density at radius 2 is 1.73 bits per heavy atom. The van der Waals surface area contributed by atoms with Crippen LogP contribution in [0.1, 0.15) is 32.1 Å². The summed E-state index contributed by atoms with van der Waals surface area (Å²) in [7, 11) is 0. The lowest BCUT2D eigenvalue weighted by Gasteiger charge is -2.19. The molecule has 0 saturated heterocycles. The fourth-order valence-corrected chi connectivity index (χ4v) is 4.01. The van der Waals surface area contributed by atoms with Crippen LogP contribution in [0.25, 0.3) is 11.3 Å². The summed E-state index contributed by atoms with van der Waals surface area (Å²) in [6.07, 6.45) is 7.29. The van der Waals surface area contributed by atoms with Crippen LogP contribution in [0, 0.1) is 5.92 Å². The van der Waals surface area contributed by atoms with E-state index in [-0.39, 0.29) is 11.9 Å². The average molecular weight is 420 g/mol. The quantitative estimate of drug-likeness (QED) is 0.226. The molecule has 5 nitrogen and oxygen atoms in total. The van der Waals surface area contributed by atoms with Gasteiger partial charge in [-0.3, -0.25) is 4.79 Å². The molecule has 1 fully saturated rings. The highest BCUT2D eigenvalue weighted by atomic mass is 32.2. The van der Waals surface area contributed by atoms with E-state index in [0.29, 0.717) is 10.9 Å². The Morgan fingerprint density at radius 1 is 1.00 bits per heavy atom. The number of benzene rings is 2. The molecule has 1 N–H and O–H groups in total. The summed E-state index contributed by atoms with van der Waals surface area (Å²) >= 11 is 1.51. The van der Waals surface area contributed by atoms with E-state index in [2.05, 4.69) is 15.3 Å². The van der Waals surface area contributed by atoms with E-state index >= 15 is 0 Å². The molecule has 0 unspecified atom stereocenters. The summed E-state index contributed by atoms with van der Waals surface area (Å²) in [6.45, 7) is 0. The van der Waals surface area contributed by atoms with Crippen molar-refractivity contribution in [2.24, 2.45) is 5.92 Å². The second-order valence-corrected chi connectivity index (χ2v) is 8.17. The van der Waals surface area contributed by atoms with Crippen molar-refractivity contribution in [2.45, 2.75) is 37.3 Å². The van der Waals surface area contributed by atoms with E-state index in [0.717, 1.165) is 48.4 Å². The lowest BCUT2D eigenvalue weighted by Crippen LogP contribution is -2.22. The highest BCUT2D eigenvalue weighted by molar-refractivity contribution is 7.98. The number of esters is 1. The number of nitrogens with one attached hydrogen (secondary N) is 1. The molecule has 0 radical (unpaired) electrons. The summed E-state index contributed by atoms with van der Waals surface area (Å²) in [5, 5.41) is 4.03. The fraction of sp³-hybridized carbons (Fsp3) is 0.292. The van der Waals surface area contributed by atoms with Crippen molar-refractivity contribution in [3.63, 3.8) is 0 Å². The van der Waals surface area contributed by atoms with Gasteiger partial charge in [0.25, 0.3) is 0 Å². The molecule has 0 amide bonds. The van der Waals surface area contributed by atoms with Crippen LogP contribution in [0.2, 0.25) is 0 Å². The molecule has 0 bridgehead atoms. The Hall–Kier alpha value is -2.86. The second kappa shape index (κ2) is 9.76. The smallest absolute Gasteiger partial charge is 0.314 e. The molecule has 1 aromatic heterocycles. The Kier molecular flexibility index (Phi) is 6.64. The molecular weight excluding hydrogens is 394 g/mol. The van der Waals surface area contributed by atoms with E-state index in [1.54, 1.807) is 0 Å². The third kappa shape index (κ3) is 5.19.